The second-order valence-corrected chi connectivity index (χ2v) is 7.16. The molecule has 1 aromatic rings. The van der Waals surface area contributed by atoms with Crippen molar-refractivity contribution in [3.63, 3.8) is 0 Å². The highest BCUT2D eigenvalue weighted by Gasteiger charge is 2.20. The molecule has 2 N–H and O–H groups in total. The maximum absolute atomic E-state index is 11.9. The highest BCUT2D eigenvalue weighted by atomic mass is 32.2. The highest BCUT2D eigenvalue weighted by molar-refractivity contribution is 7.99. The van der Waals surface area contributed by atoms with Crippen LogP contribution in [0.4, 0.5) is 0 Å². The monoisotopic (exact) mass is 353 g/mol. The Bertz CT molecular complexity index is 590. The summed E-state index contributed by atoms with van der Waals surface area (Å²) in [5.41, 5.74) is 0. The quantitative estimate of drug-likeness (QED) is 0.699. The average Bonchev–Trinajstić information content (AvgIpc) is 2.53. The van der Waals surface area contributed by atoms with Crippen LogP contribution in [0, 0.1) is 5.92 Å². The summed E-state index contributed by atoms with van der Waals surface area (Å²) in [6, 6.07) is 4.86. The molecule has 2 rings (SSSR count). The van der Waals surface area contributed by atoms with E-state index in [0.29, 0.717) is 25.4 Å². The number of rotatable bonds is 8. The van der Waals surface area contributed by atoms with E-state index in [1.54, 1.807) is 0 Å². The number of carboxylic acid groups (broad SMARTS) is 1. The standard InChI is InChI=1S/C17H23NO5S/c1-11(2)9-13(17(20)21)18-16(19)5-8-24-12-3-4-14-15(10-12)23-7-6-22-14/h3-4,10-11,13H,5-9H2,1-2H3,(H,18,19)(H,20,21)/t13-/m0/s1. The fourth-order valence-electron chi connectivity index (χ4n) is 2.33. The summed E-state index contributed by atoms with van der Waals surface area (Å²) in [5.74, 6) is 1.00. The van der Waals surface area contributed by atoms with Gasteiger partial charge in [-0.3, -0.25) is 4.79 Å². The highest BCUT2D eigenvalue weighted by Crippen LogP contribution is 2.34. The van der Waals surface area contributed by atoms with Crippen LogP contribution in [0.25, 0.3) is 0 Å². The summed E-state index contributed by atoms with van der Waals surface area (Å²) in [6.07, 6.45) is 0.692. The Hall–Kier alpha value is -1.89. The molecular weight excluding hydrogens is 330 g/mol. The molecule has 1 amide bonds. The summed E-state index contributed by atoms with van der Waals surface area (Å²) in [6.45, 7) is 4.95. The maximum atomic E-state index is 11.9. The molecular formula is C17H23NO5S. The number of thioether (sulfide) groups is 1. The number of amides is 1. The summed E-state index contributed by atoms with van der Waals surface area (Å²) in [4.78, 5) is 24.1. The largest absolute Gasteiger partial charge is 0.486 e. The van der Waals surface area contributed by atoms with Crippen molar-refractivity contribution in [2.45, 2.75) is 37.6 Å². The van der Waals surface area contributed by atoms with Gasteiger partial charge in [0.15, 0.2) is 11.5 Å². The molecule has 0 saturated heterocycles. The lowest BCUT2D eigenvalue weighted by Crippen LogP contribution is -2.41. The minimum atomic E-state index is -0.989. The molecule has 1 aliphatic rings. The second kappa shape index (κ2) is 8.82. The third-order valence-corrected chi connectivity index (χ3v) is 4.45. The molecule has 0 unspecified atom stereocenters. The van der Waals surface area contributed by atoms with Crippen LogP contribution in [0.1, 0.15) is 26.7 Å². The van der Waals surface area contributed by atoms with E-state index in [4.69, 9.17) is 14.6 Å². The molecule has 0 saturated carbocycles. The number of carbonyl (C=O) groups is 2. The van der Waals surface area contributed by atoms with E-state index < -0.39 is 12.0 Å². The molecule has 0 aromatic heterocycles. The minimum Gasteiger partial charge on any atom is -0.486 e. The molecule has 0 radical (unpaired) electrons. The molecule has 0 bridgehead atoms. The van der Waals surface area contributed by atoms with Gasteiger partial charge in [-0.25, -0.2) is 4.79 Å². The summed E-state index contributed by atoms with van der Waals surface area (Å²) in [5, 5.41) is 11.7. The lowest BCUT2D eigenvalue weighted by atomic mass is 10.0. The first-order valence-electron chi connectivity index (χ1n) is 8.00. The Morgan fingerprint density at radius 2 is 1.96 bits per heavy atom. The van der Waals surface area contributed by atoms with Crippen molar-refractivity contribution in [1.29, 1.82) is 0 Å². The van der Waals surface area contributed by atoms with Crippen molar-refractivity contribution in [3.05, 3.63) is 18.2 Å². The van der Waals surface area contributed by atoms with Gasteiger partial charge in [-0.1, -0.05) is 13.8 Å². The average molecular weight is 353 g/mol. The van der Waals surface area contributed by atoms with Gasteiger partial charge in [0.2, 0.25) is 5.91 Å². The number of hydrogen-bond donors (Lipinski definition) is 2. The molecule has 0 spiro atoms. The van der Waals surface area contributed by atoms with Crippen LogP contribution in [0.15, 0.2) is 23.1 Å². The zero-order chi connectivity index (χ0) is 17.5. The smallest absolute Gasteiger partial charge is 0.326 e. The van der Waals surface area contributed by atoms with Crippen molar-refractivity contribution >= 4 is 23.6 Å². The van der Waals surface area contributed by atoms with Crippen molar-refractivity contribution in [3.8, 4) is 11.5 Å². The second-order valence-electron chi connectivity index (χ2n) is 5.99. The normalized spacial score (nSPS) is 14.3. The van der Waals surface area contributed by atoms with Crippen LogP contribution in [0.5, 0.6) is 11.5 Å². The van der Waals surface area contributed by atoms with E-state index in [2.05, 4.69) is 5.32 Å². The third kappa shape index (κ3) is 5.63. The van der Waals surface area contributed by atoms with E-state index in [1.165, 1.54) is 11.8 Å². The molecule has 1 atom stereocenters. The Balaban J connectivity index is 1.78. The lowest BCUT2D eigenvalue weighted by Gasteiger charge is -2.18. The van der Waals surface area contributed by atoms with Gasteiger partial charge in [0.05, 0.1) is 0 Å². The first-order valence-corrected chi connectivity index (χ1v) is 8.99. The SMILES string of the molecule is CC(C)C[C@H](NC(=O)CCSc1ccc2c(c1)OCCO2)C(=O)O. The molecule has 0 aliphatic carbocycles. The van der Waals surface area contributed by atoms with E-state index in [9.17, 15) is 9.59 Å². The maximum Gasteiger partial charge on any atom is 0.326 e. The molecule has 1 heterocycles. The lowest BCUT2D eigenvalue weighted by molar-refractivity contribution is -0.142. The molecule has 24 heavy (non-hydrogen) atoms. The van der Waals surface area contributed by atoms with Crippen molar-refractivity contribution in [1.82, 2.24) is 5.32 Å². The molecule has 7 heteroatoms. The van der Waals surface area contributed by atoms with Gasteiger partial charge < -0.3 is 19.9 Å². The van der Waals surface area contributed by atoms with Gasteiger partial charge >= 0.3 is 5.97 Å². The summed E-state index contributed by atoms with van der Waals surface area (Å²) in [7, 11) is 0. The Morgan fingerprint density at radius 1 is 1.25 bits per heavy atom. The molecule has 6 nitrogen and oxygen atoms in total. The Labute approximate surface area is 145 Å². The molecule has 0 fully saturated rings. The first-order chi connectivity index (χ1) is 11.5. The Kier molecular flexibility index (Phi) is 6.78. The number of ether oxygens (including phenoxy) is 2. The first kappa shape index (κ1) is 18.4. The summed E-state index contributed by atoms with van der Waals surface area (Å²) >= 11 is 1.53. The fraction of sp³-hybridized carbons (Fsp3) is 0.529. The van der Waals surface area contributed by atoms with Gasteiger partial charge in [0.1, 0.15) is 19.3 Å². The molecule has 1 aromatic carbocycles. The number of fused-ring (bicyclic) bond motifs is 1. The molecule has 1 aliphatic heterocycles. The molecule has 132 valence electrons. The third-order valence-electron chi connectivity index (χ3n) is 3.45. The van der Waals surface area contributed by atoms with Gasteiger partial charge in [-0.2, -0.15) is 0 Å². The predicted molar refractivity (Wildman–Crippen MR) is 91.8 cm³/mol. The summed E-state index contributed by atoms with van der Waals surface area (Å²) < 4.78 is 11.0. The number of nitrogens with one attached hydrogen (secondary N) is 1. The van der Waals surface area contributed by atoms with Crippen molar-refractivity contribution in [2.24, 2.45) is 5.92 Å². The van der Waals surface area contributed by atoms with Gasteiger partial charge in [-0.15, -0.1) is 11.8 Å². The minimum absolute atomic E-state index is 0.207. The van der Waals surface area contributed by atoms with E-state index in [-0.39, 0.29) is 18.2 Å². The Morgan fingerprint density at radius 3 is 2.62 bits per heavy atom. The number of hydrogen-bond acceptors (Lipinski definition) is 5. The predicted octanol–water partition coefficient (Wildman–Crippen LogP) is 2.56. The van der Waals surface area contributed by atoms with Crippen LogP contribution in [-0.2, 0) is 9.59 Å². The fourth-order valence-corrected chi connectivity index (χ4v) is 3.21. The topological polar surface area (TPSA) is 84.9 Å². The zero-order valence-electron chi connectivity index (χ0n) is 13.9. The van der Waals surface area contributed by atoms with E-state index in [1.807, 2.05) is 32.0 Å². The number of benzene rings is 1. The van der Waals surface area contributed by atoms with Gasteiger partial charge in [0.25, 0.3) is 0 Å². The van der Waals surface area contributed by atoms with Crippen LogP contribution in [0.2, 0.25) is 0 Å². The number of aliphatic carboxylic acids is 1. The van der Waals surface area contributed by atoms with Gasteiger partial charge in [-0.05, 0) is 30.5 Å². The van der Waals surface area contributed by atoms with Crippen LogP contribution in [-0.4, -0.2) is 42.0 Å². The van der Waals surface area contributed by atoms with Crippen molar-refractivity contribution in [2.75, 3.05) is 19.0 Å². The van der Waals surface area contributed by atoms with Gasteiger partial charge in [0, 0.05) is 17.1 Å². The van der Waals surface area contributed by atoms with Crippen molar-refractivity contribution < 1.29 is 24.2 Å². The van der Waals surface area contributed by atoms with Crippen LogP contribution in [0.3, 0.4) is 0 Å². The van der Waals surface area contributed by atoms with Crippen LogP contribution >= 0.6 is 11.8 Å². The number of carbonyl (C=O) groups excluding carboxylic acids is 1. The van der Waals surface area contributed by atoms with Crippen LogP contribution < -0.4 is 14.8 Å². The van der Waals surface area contributed by atoms with E-state index in [0.717, 1.165) is 16.4 Å². The zero-order valence-corrected chi connectivity index (χ0v) is 14.7. The van der Waals surface area contributed by atoms with E-state index >= 15 is 0 Å². The number of carboxylic acids is 1.